The highest BCUT2D eigenvalue weighted by molar-refractivity contribution is 9.10. The Bertz CT molecular complexity index is 741. The summed E-state index contributed by atoms with van der Waals surface area (Å²) in [5.74, 6) is 0.567. The lowest BCUT2D eigenvalue weighted by atomic mass is 9.44. The fraction of sp³-hybridized carbons (Fsp3) is 0.857. The Labute approximate surface area is 191 Å². The van der Waals surface area contributed by atoms with E-state index in [0.29, 0.717) is 12.8 Å². The van der Waals surface area contributed by atoms with Crippen molar-refractivity contribution in [2.45, 2.75) is 67.6 Å². The van der Waals surface area contributed by atoms with Crippen LogP contribution in [0.25, 0.3) is 0 Å². The summed E-state index contributed by atoms with van der Waals surface area (Å²) in [4.78, 5) is 38.3. The fourth-order valence-electron chi connectivity index (χ4n) is 7.52. The standard InChI is InChI=1S/C21H27Br3O4/c1-19-7-13(23)18(27)17(24)12(19)4-3-10-11-5-6-21(28,15(26)9-22)20(11,2)8-14(25)16(10)19/h10-13,16-17,28H,3-9H2,1-2H3/t10-,11-,12?,13?,16+,17?,19-,20-,21-/m0/s1. The molecule has 0 aromatic heterocycles. The van der Waals surface area contributed by atoms with Crippen LogP contribution in [0, 0.1) is 34.5 Å². The van der Waals surface area contributed by atoms with Crippen LogP contribution in [0.3, 0.4) is 0 Å². The van der Waals surface area contributed by atoms with Crippen molar-refractivity contribution < 1.29 is 19.5 Å². The summed E-state index contributed by atoms with van der Waals surface area (Å²) in [5.41, 5.74) is -2.35. The van der Waals surface area contributed by atoms with Crippen LogP contribution < -0.4 is 0 Å². The van der Waals surface area contributed by atoms with Gasteiger partial charge in [-0.3, -0.25) is 14.4 Å². The van der Waals surface area contributed by atoms with E-state index in [0.717, 1.165) is 19.3 Å². The predicted molar refractivity (Wildman–Crippen MR) is 117 cm³/mol. The quantitative estimate of drug-likeness (QED) is 0.495. The maximum atomic E-state index is 13.6. The average Bonchev–Trinajstić information content (AvgIpc) is 2.90. The molecule has 0 bridgehead atoms. The van der Waals surface area contributed by atoms with Gasteiger partial charge in [0.05, 0.1) is 15.0 Å². The molecule has 4 rings (SSSR count). The minimum atomic E-state index is -1.42. The van der Waals surface area contributed by atoms with E-state index in [2.05, 4.69) is 54.7 Å². The molecule has 0 saturated heterocycles. The lowest BCUT2D eigenvalue weighted by Crippen LogP contribution is -2.64. The van der Waals surface area contributed by atoms with Gasteiger partial charge in [-0.15, -0.1) is 0 Å². The highest BCUT2D eigenvalue weighted by Crippen LogP contribution is 2.67. The number of alkyl halides is 3. The molecule has 7 heteroatoms. The first-order valence-corrected chi connectivity index (χ1v) is 13.1. The molecule has 1 N–H and O–H groups in total. The van der Waals surface area contributed by atoms with Crippen molar-refractivity contribution in [1.82, 2.24) is 0 Å². The molecular formula is C21H27Br3O4. The SMILES string of the molecule is C[C@]12CC(Br)C(=O)C(Br)C1CC[C@@H]1[C@@H]2C(=O)C[C@@]2(C)[C@H]1CC[C@]2(O)C(=O)CBr. The van der Waals surface area contributed by atoms with Crippen molar-refractivity contribution in [1.29, 1.82) is 0 Å². The summed E-state index contributed by atoms with van der Waals surface area (Å²) in [5, 5.41) is 11.5. The maximum Gasteiger partial charge on any atom is 0.175 e. The summed E-state index contributed by atoms with van der Waals surface area (Å²) >= 11 is 10.4. The van der Waals surface area contributed by atoms with Gasteiger partial charge >= 0.3 is 0 Å². The van der Waals surface area contributed by atoms with Gasteiger partial charge in [0.2, 0.25) is 0 Å². The van der Waals surface area contributed by atoms with Crippen LogP contribution in [0.5, 0.6) is 0 Å². The molecule has 28 heavy (non-hydrogen) atoms. The van der Waals surface area contributed by atoms with Crippen molar-refractivity contribution in [2.75, 3.05) is 5.33 Å². The first-order valence-electron chi connectivity index (χ1n) is 10.2. The molecule has 4 aliphatic rings. The lowest BCUT2D eigenvalue weighted by Gasteiger charge is -2.61. The third kappa shape index (κ3) is 2.64. The monoisotopic (exact) mass is 580 g/mol. The van der Waals surface area contributed by atoms with Crippen LogP contribution in [0.15, 0.2) is 0 Å². The highest BCUT2D eigenvalue weighted by Gasteiger charge is 2.69. The lowest BCUT2D eigenvalue weighted by molar-refractivity contribution is -0.175. The first-order chi connectivity index (χ1) is 13.0. The molecule has 4 nitrogen and oxygen atoms in total. The van der Waals surface area contributed by atoms with E-state index in [1.165, 1.54) is 0 Å². The Hall–Kier alpha value is 0.410. The maximum absolute atomic E-state index is 13.6. The number of hydrogen-bond acceptors (Lipinski definition) is 4. The molecule has 0 radical (unpaired) electrons. The van der Waals surface area contributed by atoms with Gasteiger partial charge in [0.15, 0.2) is 11.6 Å². The number of rotatable bonds is 2. The van der Waals surface area contributed by atoms with Gasteiger partial charge in [-0.05, 0) is 55.3 Å². The minimum absolute atomic E-state index is 0.0982. The molecule has 4 saturated carbocycles. The molecule has 156 valence electrons. The third-order valence-corrected chi connectivity index (χ3v) is 11.3. The topological polar surface area (TPSA) is 71.4 Å². The van der Waals surface area contributed by atoms with Crippen LogP contribution in [-0.2, 0) is 14.4 Å². The summed E-state index contributed by atoms with van der Waals surface area (Å²) in [6.45, 7) is 4.15. The molecule has 4 aliphatic carbocycles. The second-order valence-electron chi connectivity index (χ2n) is 9.93. The van der Waals surface area contributed by atoms with Crippen LogP contribution in [0.1, 0.15) is 52.4 Å². The van der Waals surface area contributed by atoms with Crippen LogP contribution >= 0.6 is 47.8 Å². The summed E-state index contributed by atoms with van der Waals surface area (Å²) in [6.07, 6.45) is 3.95. The molecule has 0 spiro atoms. The van der Waals surface area contributed by atoms with E-state index < -0.39 is 11.0 Å². The normalized spacial score (nSPS) is 53.4. The number of fused-ring (bicyclic) bond motifs is 5. The number of Topliss-reactive ketones (excluding diaryl/α,β-unsaturated/α-hetero) is 3. The Kier molecular flexibility index (Phi) is 5.38. The number of halogens is 3. The van der Waals surface area contributed by atoms with Crippen molar-refractivity contribution >= 4 is 65.1 Å². The number of ketones is 3. The molecule has 0 aromatic rings. The fourth-order valence-corrected chi connectivity index (χ4v) is 10.5. The number of carbonyl (C=O) groups excluding carboxylic acids is 3. The molecule has 0 heterocycles. The van der Waals surface area contributed by atoms with Gasteiger partial charge in [-0.2, -0.15) is 0 Å². The van der Waals surface area contributed by atoms with Gasteiger partial charge < -0.3 is 5.11 Å². The van der Waals surface area contributed by atoms with E-state index in [4.69, 9.17) is 0 Å². The highest BCUT2D eigenvalue weighted by atomic mass is 79.9. The zero-order valence-corrected chi connectivity index (χ0v) is 21.0. The molecule has 0 amide bonds. The Morgan fingerprint density at radius 2 is 1.82 bits per heavy atom. The van der Waals surface area contributed by atoms with Crippen molar-refractivity contribution in [3.63, 3.8) is 0 Å². The minimum Gasteiger partial charge on any atom is -0.381 e. The van der Waals surface area contributed by atoms with Crippen molar-refractivity contribution in [2.24, 2.45) is 34.5 Å². The zero-order valence-electron chi connectivity index (χ0n) is 16.2. The third-order valence-electron chi connectivity index (χ3n) is 8.92. The molecule has 3 unspecified atom stereocenters. The molecule has 4 fully saturated rings. The van der Waals surface area contributed by atoms with Gasteiger partial charge in [0.25, 0.3) is 0 Å². The van der Waals surface area contributed by atoms with Gasteiger partial charge in [0.1, 0.15) is 11.4 Å². The van der Waals surface area contributed by atoms with Gasteiger partial charge in [-0.25, -0.2) is 0 Å². The van der Waals surface area contributed by atoms with E-state index in [1.54, 1.807) is 0 Å². The van der Waals surface area contributed by atoms with Gasteiger partial charge in [0, 0.05) is 17.8 Å². The van der Waals surface area contributed by atoms with Crippen molar-refractivity contribution in [3.8, 4) is 0 Å². The zero-order chi connectivity index (χ0) is 20.6. The number of aliphatic hydroxyl groups is 1. The smallest absolute Gasteiger partial charge is 0.175 e. The molecular weight excluding hydrogens is 556 g/mol. The first kappa shape index (κ1) is 21.6. The van der Waals surface area contributed by atoms with Crippen LogP contribution in [-0.4, -0.2) is 43.0 Å². The summed E-state index contributed by atoms with van der Waals surface area (Å²) in [6, 6.07) is 0. The Morgan fingerprint density at radius 1 is 1.14 bits per heavy atom. The second kappa shape index (κ2) is 6.96. The summed E-state index contributed by atoms with van der Waals surface area (Å²) in [7, 11) is 0. The summed E-state index contributed by atoms with van der Waals surface area (Å²) < 4.78 is 0. The van der Waals surface area contributed by atoms with Crippen molar-refractivity contribution in [3.05, 3.63) is 0 Å². The average molecular weight is 583 g/mol. The van der Waals surface area contributed by atoms with Crippen LogP contribution in [0.4, 0.5) is 0 Å². The molecule has 0 aliphatic heterocycles. The van der Waals surface area contributed by atoms with E-state index in [-0.39, 0.29) is 67.8 Å². The molecule has 9 atom stereocenters. The second-order valence-corrected chi connectivity index (χ2v) is 12.6. The Balaban J connectivity index is 1.73. The van der Waals surface area contributed by atoms with E-state index >= 15 is 0 Å². The van der Waals surface area contributed by atoms with E-state index in [1.807, 2.05) is 6.92 Å². The largest absolute Gasteiger partial charge is 0.381 e. The van der Waals surface area contributed by atoms with E-state index in [9.17, 15) is 19.5 Å². The molecule has 0 aromatic carbocycles. The number of carbonyl (C=O) groups is 3. The predicted octanol–water partition coefficient (Wildman–Crippen LogP) is 4.22. The number of hydrogen-bond donors (Lipinski definition) is 1. The van der Waals surface area contributed by atoms with Gasteiger partial charge in [-0.1, -0.05) is 61.6 Å². The Morgan fingerprint density at radius 3 is 2.46 bits per heavy atom. The van der Waals surface area contributed by atoms with Crippen LogP contribution in [0.2, 0.25) is 0 Å².